The lowest BCUT2D eigenvalue weighted by atomic mass is 10.2. The van der Waals surface area contributed by atoms with Crippen LogP contribution in [0.4, 0.5) is 5.95 Å². The number of sulfonamides is 1. The van der Waals surface area contributed by atoms with E-state index >= 15 is 0 Å². The van der Waals surface area contributed by atoms with Crippen molar-refractivity contribution in [2.45, 2.75) is 25.2 Å². The Morgan fingerprint density at radius 2 is 1.72 bits per heavy atom. The lowest BCUT2D eigenvalue weighted by molar-refractivity contribution is 0.0949. The number of hydrogen-bond acceptors (Lipinski definition) is 12. The second-order valence-electron chi connectivity index (χ2n) is 8.25. The minimum atomic E-state index is -4.16. The molecule has 0 fully saturated rings. The summed E-state index contributed by atoms with van der Waals surface area (Å²) >= 11 is 0. The smallest absolute Gasteiger partial charge is 0.243 e. The number of aromatic nitrogens is 7. The molecule has 0 amide bonds. The monoisotopic (exact) mass is 558 g/mol. The highest BCUT2D eigenvalue weighted by molar-refractivity contribution is 7.93. The fourth-order valence-electron chi connectivity index (χ4n) is 3.76. The van der Waals surface area contributed by atoms with Gasteiger partial charge in [0.05, 0.1) is 21.3 Å². The molecule has 0 bridgehead atoms. The van der Waals surface area contributed by atoms with Crippen LogP contribution in [0.2, 0.25) is 0 Å². The second kappa shape index (κ2) is 11.6. The van der Waals surface area contributed by atoms with Crippen molar-refractivity contribution in [3.8, 4) is 34.7 Å². The summed E-state index contributed by atoms with van der Waals surface area (Å²) in [4.78, 5) is 17.2. The van der Waals surface area contributed by atoms with Gasteiger partial charge in [-0.05, 0) is 25.5 Å². The molecule has 0 unspecified atom stereocenters. The quantitative estimate of drug-likeness (QED) is 0.286. The van der Waals surface area contributed by atoms with E-state index in [4.69, 9.17) is 18.9 Å². The Hall–Kier alpha value is -4.37. The van der Waals surface area contributed by atoms with Gasteiger partial charge in [0.15, 0.2) is 17.3 Å². The standard InChI is InChI=1S/C24H28N8O6S.H2/c1-14-12-26-21(27-13-14)20(37-5)15(2)39(33,34)31-24-30-29-22(16-8-7-9-18(28-16)36-4)32(24)19-17(35-3)10-11-25-23(19)38-6;/h7-13,15,20H,1-6H3,(H,30,31);1H/t15-,20-;/m0./s1. The summed E-state index contributed by atoms with van der Waals surface area (Å²) in [5.74, 6) is 1.01. The molecule has 0 saturated carbocycles. The largest absolute Gasteiger partial charge is 0.494 e. The van der Waals surface area contributed by atoms with E-state index in [1.165, 1.54) is 46.1 Å². The first-order chi connectivity index (χ1) is 18.7. The van der Waals surface area contributed by atoms with Crippen LogP contribution in [-0.4, -0.2) is 76.8 Å². The van der Waals surface area contributed by atoms with Crippen LogP contribution in [0.25, 0.3) is 17.2 Å². The Kier molecular flexibility index (Phi) is 8.21. The predicted octanol–water partition coefficient (Wildman–Crippen LogP) is 2.61. The van der Waals surface area contributed by atoms with Crippen molar-refractivity contribution in [3.63, 3.8) is 0 Å². The van der Waals surface area contributed by atoms with Crippen molar-refractivity contribution in [1.82, 2.24) is 34.7 Å². The molecule has 4 rings (SSSR count). The highest BCUT2D eigenvalue weighted by Crippen LogP contribution is 2.36. The number of ether oxygens (including phenoxy) is 4. The van der Waals surface area contributed by atoms with Crippen LogP contribution in [0.15, 0.2) is 42.9 Å². The van der Waals surface area contributed by atoms with Crippen LogP contribution in [0.1, 0.15) is 25.8 Å². The molecule has 2 atom stereocenters. The number of aryl methyl sites for hydroxylation is 1. The normalized spacial score (nSPS) is 13.0. The molecule has 0 aliphatic heterocycles. The molecule has 15 heteroatoms. The molecule has 0 aliphatic carbocycles. The van der Waals surface area contributed by atoms with E-state index in [1.54, 1.807) is 36.7 Å². The van der Waals surface area contributed by atoms with E-state index < -0.39 is 21.4 Å². The van der Waals surface area contributed by atoms with E-state index in [-0.39, 0.29) is 30.6 Å². The zero-order valence-electron chi connectivity index (χ0n) is 22.2. The van der Waals surface area contributed by atoms with Crippen LogP contribution in [0, 0.1) is 6.92 Å². The first-order valence-corrected chi connectivity index (χ1v) is 13.2. The maximum atomic E-state index is 13.6. The summed E-state index contributed by atoms with van der Waals surface area (Å²) < 4.78 is 53.0. The van der Waals surface area contributed by atoms with Gasteiger partial charge in [-0.3, -0.25) is 9.29 Å². The topological polar surface area (TPSA) is 165 Å². The van der Waals surface area contributed by atoms with Gasteiger partial charge in [-0.2, -0.15) is 0 Å². The average molecular weight is 559 g/mol. The van der Waals surface area contributed by atoms with Crippen molar-refractivity contribution < 1.29 is 28.8 Å². The van der Waals surface area contributed by atoms with Crippen molar-refractivity contribution in [3.05, 3.63) is 54.2 Å². The maximum Gasteiger partial charge on any atom is 0.243 e. The third-order valence-corrected chi connectivity index (χ3v) is 7.47. The molecule has 14 nitrogen and oxygen atoms in total. The van der Waals surface area contributed by atoms with Crippen molar-refractivity contribution in [2.75, 3.05) is 33.2 Å². The molecule has 39 heavy (non-hydrogen) atoms. The van der Waals surface area contributed by atoms with E-state index in [2.05, 4.69) is 34.9 Å². The van der Waals surface area contributed by atoms with Crippen molar-refractivity contribution in [1.29, 1.82) is 0 Å². The number of pyridine rings is 2. The van der Waals surface area contributed by atoms with Crippen LogP contribution in [0.5, 0.6) is 17.5 Å². The number of nitrogens with zero attached hydrogens (tertiary/aromatic N) is 7. The van der Waals surface area contributed by atoms with Crippen molar-refractivity contribution in [2.24, 2.45) is 0 Å². The zero-order valence-corrected chi connectivity index (χ0v) is 23.0. The van der Waals surface area contributed by atoms with Crippen LogP contribution in [0.3, 0.4) is 0 Å². The minimum Gasteiger partial charge on any atom is -0.494 e. The molecule has 208 valence electrons. The third kappa shape index (κ3) is 5.58. The molecular formula is C24H30N8O6S. The molecule has 0 saturated heterocycles. The lowest BCUT2D eigenvalue weighted by Gasteiger charge is -2.22. The Bertz CT molecular complexity index is 1530. The highest BCUT2D eigenvalue weighted by Gasteiger charge is 2.35. The van der Waals surface area contributed by atoms with Gasteiger partial charge >= 0.3 is 0 Å². The molecular weight excluding hydrogens is 528 g/mol. The second-order valence-corrected chi connectivity index (χ2v) is 10.3. The van der Waals surface area contributed by atoms with Gasteiger partial charge < -0.3 is 18.9 Å². The third-order valence-electron chi connectivity index (χ3n) is 5.77. The first kappa shape index (κ1) is 27.7. The Labute approximate surface area is 226 Å². The summed E-state index contributed by atoms with van der Waals surface area (Å²) in [5, 5.41) is 7.25. The summed E-state index contributed by atoms with van der Waals surface area (Å²) in [7, 11) is 1.60. The van der Waals surface area contributed by atoms with Gasteiger partial charge in [-0.1, -0.05) is 6.07 Å². The fourth-order valence-corrected chi connectivity index (χ4v) is 4.89. The van der Waals surface area contributed by atoms with Gasteiger partial charge in [0.25, 0.3) is 0 Å². The fraction of sp³-hybridized carbons (Fsp3) is 0.333. The summed E-state index contributed by atoms with van der Waals surface area (Å²) in [6.07, 6.45) is 3.70. The summed E-state index contributed by atoms with van der Waals surface area (Å²) in [6.45, 7) is 3.31. The van der Waals surface area contributed by atoms with Gasteiger partial charge in [-0.15, -0.1) is 10.2 Å². The van der Waals surface area contributed by atoms with E-state index in [0.717, 1.165) is 5.56 Å². The molecule has 1 N–H and O–H groups in total. The first-order valence-electron chi connectivity index (χ1n) is 11.6. The van der Waals surface area contributed by atoms with Gasteiger partial charge in [0.1, 0.15) is 22.8 Å². The van der Waals surface area contributed by atoms with E-state index in [1.807, 2.05) is 6.92 Å². The predicted molar refractivity (Wildman–Crippen MR) is 143 cm³/mol. The molecule has 0 spiro atoms. The van der Waals surface area contributed by atoms with Crippen LogP contribution < -0.4 is 18.9 Å². The highest BCUT2D eigenvalue weighted by atomic mass is 32.2. The summed E-state index contributed by atoms with van der Waals surface area (Å²) in [5.41, 5.74) is 1.42. The Balaban J connectivity index is 0.00000441. The number of methoxy groups -OCH3 is 4. The van der Waals surface area contributed by atoms with Gasteiger partial charge in [0.2, 0.25) is 27.7 Å². The van der Waals surface area contributed by atoms with E-state index in [9.17, 15) is 8.42 Å². The number of anilines is 1. The molecule has 4 heterocycles. The molecule has 4 aromatic rings. The van der Waals surface area contributed by atoms with E-state index in [0.29, 0.717) is 17.3 Å². The molecule has 0 aliphatic rings. The summed E-state index contributed by atoms with van der Waals surface area (Å²) in [6, 6.07) is 6.65. The maximum absolute atomic E-state index is 13.6. The SMILES string of the molecule is COc1cccc(-c2nnc(NS(=O)(=O)[C@@H](C)[C@H](OC)c3ncc(C)cn3)n2-c2c(OC)ccnc2OC)n1.[HH]. The molecule has 0 radical (unpaired) electrons. The Morgan fingerprint density at radius 1 is 0.974 bits per heavy atom. The minimum absolute atomic E-state index is 0. The average Bonchev–Trinajstić information content (AvgIpc) is 3.35. The molecule has 4 aromatic heterocycles. The van der Waals surface area contributed by atoms with Gasteiger partial charge in [-0.25, -0.2) is 28.4 Å². The van der Waals surface area contributed by atoms with Gasteiger partial charge in [0, 0.05) is 39.3 Å². The Morgan fingerprint density at radius 3 is 2.36 bits per heavy atom. The number of hydrogen-bond donors (Lipinski definition) is 1. The van der Waals surface area contributed by atoms with Crippen LogP contribution in [-0.2, 0) is 14.8 Å². The molecule has 0 aromatic carbocycles. The number of nitrogens with one attached hydrogen (secondary N) is 1. The lowest BCUT2D eigenvalue weighted by Crippen LogP contribution is -2.33. The number of rotatable bonds is 11. The van der Waals surface area contributed by atoms with Crippen molar-refractivity contribution >= 4 is 16.0 Å². The van der Waals surface area contributed by atoms with Crippen LogP contribution >= 0.6 is 0 Å². The zero-order chi connectivity index (χ0) is 28.2.